The van der Waals surface area contributed by atoms with E-state index in [-0.39, 0.29) is 5.71 Å². The molecule has 112 valence electrons. The van der Waals surface area contributed by atoms with Gasteiger partial charge < -0.3 is 5.31 Å². The van der Waals surface area contributed by atoms with Crippen LogP contribution in [0.15, 0.2) is 29.3 Å². The molecule has 0 aromatic heterocycles. The molecule has 3 nitrogen and oxygen atoms in total. The Bertz CT molecular complexity index is 619. The zero-order valence-electron chi connectivity index (χ0n) is 12.3. The van der Waals surface area contributed by atoms with Crippen LogP contribution in [0.1, 0.15) is 43.2 Å². The van der Waals surface area contributed by atoms with Crippen molar-refractivity contribution < 1.29 is 19.4 Å². The lowest BCUT2D eigenvalue weighted by atomic mass is 9.90. The molecule has 0 unspecified atom stereocenters. The molecule has 1 aliphatic carbocycles. The van der Waals surface area contributed by atoms with E-state index >= 15 is 0 Å². The maximum atomic E-state index is 12.6. The zero-order valence-corrected chi connectivity index (χ0v) is 11.3. The van der Waals surface area contributed by atoms with Crippen molar-refractivity contribution in [2.45, 2.75) is 43.9 Å². The number of amides is 1. The van der Waals surface area contributed by atoms with E-state index < -0.39 is 23.3 Å². The Hall–Kier alpha value is -1.85. The highest BCUT2D eigenvalue weighted by molar-refractivity contribution is 6.46. The summed E-state index contributed by atoms with van der Waals surface area (Å²) in [6.45, 7) is 0. The van der Waals surface area contributed by atoms with Gasteiger partial charge in [0.1, 0.15) is 11.4 Å². The van der Waals surface area contributed by atoms with Gasteiger partial charge in [0, 0.05) is 5.56 Å². The Balaban J connectivity index is 1.94. The number of carbonyl (C=O) groups is 1. The molecule has 1 aromatic rings. The van der Waals surface area contributed by atoms with Gasteiger partial charge >= 0.3 is 6.18 Å². The molecule has 2 aliphatic rings. The summed E-state index contributed by atoms with van der Waals surface area (Å²) < 4.78 is 45.7. The van der Waals surface area contributed by atoms with Crippen molar-refractivity contribution >= 4 is 11.6 Å². The number of nitrogens with zero attached hydrogens (tertiary/aromatic N) is 1. The number of alkyl halides is 3. The molecule has 0 saturated heterocycles. The minimum absolute atomic E-state index is 0.0885. The smallest absolute Gasteiger partial charge is 0.326 e. The molecule has 1 saturated carbocycles. The fourth-order valence-electron chi connectivity index (χ4n) is 2.87. The highest BCUT2D eigenvalue weighted by Gasteiger charge is 2.40. The topological polar surface area (TPSA) is 41.5 Å². The van der Waals surface area contributed by atoms with Crippen molar-refractivity contribution in [3.8, 4) is 0 Å². The summed E-state index contributed by atoms with van der Waals surface area (Å²) in [6, 6.07) is 4.36. The van der Waals surface area contributed by atoms with Crippen molar-refractivity contribution in [1.82, 2.24) is 5.31 Å². The SMILES string of the molecule is [2H]N1C(=O)C(c2ccc(C(F)(F)F)cc2)=NC12CCCCC2. The molecule has 0 bridgehead atoms. The molecule has 1 heterocycles. The summed E-state index contributed by atoms with van der Waals surface area (Å²) >= 11 is 0. The molecule has 1 fully saturated rings. The van der Waals surface area contributed by atoms with E-state index in [1.807, 2.05) is 0 Å². The van der Waals surface area contributed by atoms with Crippen LogP contribution in [-0.4, -0.2) is 17.3 Å². The predicted octanol–water partition coefficient (Wildman–Crippen LogP) is 3.28. The lowest BCUT2D eigenvalue weighted by Gasteiger charge is -2.30. The normalized spacial score (nSPS) is 22.4. The summed E-state index contributed by atoms with van der Waals surface area (Å²) in [5, 5.41) is 0.902. The summed E-state index contributed by atoms with van der Waals surface area (Å²) in [7, 11) is 0. The molecule has 1 N–H and O–H groups in total. The van der Waals surface area contributed by atoms with E-state index in [0.717, 1.165) is 36.7 Å². The van der Waals surface area contributed by atoms with Gasteiger partial charge in [-0.25, -0.2) is 0 Å². The molecular formula is C15H15F3N2O. The first-order chi connectivity index (χ1) is 10.3. The summed E-state index contributed by atoms with van der Waals surface area (Å²) in [6.07, 6.45) is -0.307. The van der Waals surface area contributed by atoms with Gasteiger partial charge in [0.2, 0.25) is 0 Å². The average Bonchev–Trinajstić information content (AvgIpc) is 2.73. The van der Waals surface area contributed by atoms with Crippen LogP contribution in [-0.2, 0) is 11.0 Å². The minimum Gasteiger partial charge on any atom is -0.326 e. The first kappa shape index (κ1) is 12.9. The van der Waals surface area contributed by atoms with E-state index in [1.165, 1.54) is 12.1 Å². The number of halogens is 3. The van der Waals surface area contributed by atoms with Gasteiger partial charge in [-0.2, -0.15) is 13.2 Å². The summed E-state index contributed by atoms with van der Waals surface area (Å²) in [4.78, 5) is 16.7. The Morgan fingerprint density at radius 3 is 2.33 bits per heavy atom. The Morgan fingerprint density at radius 2 is 1.76 bits per heavy atom. The van der Waals surface area contributed by atoms with Gasteiger partial charge in [0.15, 0.2) is 1.41 Å². The van der Waals surface area contributed by atoms with Crippen LogP contribution in [0.2, 0.25) is 1.41 Å². The quantitative estimate of drug-likeness (QED) is 0.849. The third-order valence-electron chi connectivity index (χ3n) is 3.97. The van der Waals surface area contributed by atoms with Gasteiger partial charge in [0.25, 0.3) is 5.91 Å². The van der Waals surface area contributed by atoms with E-state index in [0.29, 0.717) is 18.4 Å². The molecule has 1 spiro atoms. The van der Waals surface area contributed by atoms with Crippen molar-refractivity contribution in [2.24, 2.45) is 4.99 Å². The fourth-order valence-corrected chi connectivity index (χ4v) is 2.87. The lowest BCUT2D eigenvalue weighted by molar-refractivity contribution is -0.137. The zero-order chi connectivity index (χ0) is 16.0. The lowest BCUT2D eigenvalue weighted by Crippen LogP contribution is -2.43. The molecular weight excluding hydrogens is 281 g/mol. The molecule has 0 atom stereocenters. The van der Waals surface area contributed by atoms with Crippen LogP contribution in [0.3, 0.4) is 0 Å². The summed E-state index contributed by atoms with van der Waals surface area (Å²) in [5.41, 5.74) is -1.17. The van der Waals surface area contributed by atoms with Crippen LogP contribution in [0.25, 0.3) is 0 Å². The molecule has 0 radical (unpaired) electrons. The molecule has 6 heteroatoms. The number of hydrogen-bond acceptors (Lipinski definition) is 2. The second kappa shape index (κ2) is 4.86. The number of rotatable bonds is 1. The van der Waals surface area contributed by atoms with Gasteiger partial charge in [-0.3, -0.25) is 9.79 Å². The largest absolute Gasteiger partial charge is 0.416 e. The van der Waals surface area contributed by atoms with Crippen LogP contribution in [0.5, 0.6) is 0 Å². The third kappa shape index (κ3) is 2.66. The second-order valence-corrected chi connectivity index (χ2v) is 5.50. The first-order valence-corrected chi connectivity index (χ1v) is 6.94. The minimum atomic E-state index is -4.41. The van der Waals surface area contributed by atoms with Crippen LogP contribution >= 0.6 is 0 Å². The van der Waals surface area contributed by atoms with Gasteiger partial charge in [-0.15, -0.1) is 0 Å². The van der Waals surface area contributed by atoms with Gasteiger partial charge in [-0.1, -0.05) is 18.6 Å². The highest BCUT2D eigenvalue weighted by Crippen LogP contribution is 2.34. The number of benzene rings is 1. The van der Waals surface area contributed by atoms with Gasteiger partial charge in [0.05, 0.1) is 5.56 Å². The highest BCUT2D eigenvalue weighted by atomic mass is 19.4. The van der Waals surface area contributed by atoms with E-state index in [4.69, 9.17) is 1.41 Å². The van der Waals surface area contributed by atoms with E-state index in [2.05, 4.69) is 4.99 Å². The fraction of sp³-hybridized carbons (Fsp3) is 0.467. The van der Waals surface area contributed by atoms with E-state index in [9.17, 15) is 18.0 Å². The number of hydrogen-bond donors (Lipinski definition) is 1. The number of aliphatic imine (C=N–C) groups is 1. The second-order valence-electron chi connectivity index (χ2n) is 5.50. The van der Waals surface area contributed by atoms with Crippen LogP contribution in [0, 0.1) is 0 Å². The Morgan fingerprint density at radius 1 is 1.14 bits per heavy atom. The van der Waals surface area contributed by atoms with Gasteiger partial charge in [-0.05, 0) is 37.8 Å². The maximum Gasteiger partial charge on any atom is 0.416 e. The van der Waals surface area contributed by atoms with Crippen LogP contribution < -0.4 is 5.31 Å². The summed E-state index contributed by atoms with van der Waals surface area (Å²) in [5.74, 6) is -0.540. The molecule has 21 heavy (non-hydrogen) atoms. The predicted molar refractivity (Wildman–Crippen MR) is 71.9 cm³/mol. The van der Waals surface area contributed by atoms with Crippen molar-refractivity contribution in [3.05, 3.63) is 35.4 Å². The standard InChI is InChI=1S/C15H15F3N2O/c16-15(17,18)11-6-4-10(5-7-11)12-13(21)20-14(19-12)8-2-1-3-9-14/h4-7H,1-3,8-9H2,(H,20,21)/i/hD. The molecule has 1 aromatic carbocycles. The first-order valence-electron chi connectivity index (χ1n) is 7.39. The average molecular weight is 297 g/mol. The molecule has 3 rings (SSSR count). The van der Waals surface area contributed by atoms with Crippen molar-refractivity contribution in [1.29, 1.82) is 0 Å². The molecule has 1 aliphatic heterocycles. The maximum absolute atomic E-state index is 12.6. The van der Waals surface area contributed by atoms with Crippen molar-refractivity contribution in [2.75, 3.05) is 0 Å². The third-order valence-corrected chi connectivity index (χ3v) is 3.97. The van der Waals surface area contributed by atoms with E-state index in [1.54, 1.807) is 0 Å². The number of nitrogens with one attached hydrogen (secondary N) is 1. The Kier molecular flexibility index (Phi) is 2.97. The monoisotopic (exact) mass is 297 g/mol. The van der Waals surface area contributed by atoms with Crippen molar-refractivity contribution in [3.63, 3.8) is 0 Å². The Labute approximate surface area is 121 Å². The van der Waals surface area contributed by atoms with Crippen LogP contribution in [0.4, 0.5) is 13.2 Å². The molecule has 1 amide bonds. The number of carbonyl (C=O) groups excluding carboxylic acids is 1.